The van der Waals surface area contributed by atoms with Crippen LogP contribution < -0.4 is 0 Å². The molecule has 0 aromatic carbocycles. The van der Waals surface area contributed by atoms with Gasteiger partial charge in [-0.15, -0.1) is 5.70 Å². The summed E-state index contributed by atoms with van der Waals surface area (Å²) in [7, 11) is 5.64. The maximum absolute atomic E-state index is 2.44. The Morgan fingerprint density at radius 3 is 2.07 bits per heavy atom. The second kappa shape index (κ2) is 9.13. The Bertz CT molecular complexity index is 161. The lowest BCUT2D eigenvalue weighted by Crippen LogP contribution is -2.44. The SMILES string of the molecule is CCN(C)C(CCCC=C[SiH3])N(C)CC. The first-order valence-corrected chi connectivity index (χ1v) is 7.34. The van der Waals surface area contributed by atoms with Crippen molar-refractivity contribution < 1.29 is 0 Å². The van der Waals surface area contributed by atoms with Crippen molar-refractivity contribution in [2.45, 2.75) is 39.3 Å². The van der Waals surface area contributed by atoms with Crippen LogP contribution in [-0.2, 0) is 0 Å². The lowest BCUT2D eigenvalue weighted by atomic mass is 10.1. The standard InChI is InChI=1S/C12H28N2Si/c1-5-13(3)12(14(4)6-2)10-8-7-9-11-15/h9,11-12H,5-8,10H2,1-4,15H3. The monoisotopic (exact) mass is 228 g/mol. The number of allylic oxidation sites excluding steroid dienone is 1. The van der Waals surface area contributed by atoms with Crippen LogP contribution in [0.25, 0.3) is 0 Å². The zero-order chi connectivity index (χ0) is 11.7. The first-order valence-electron chi connectivity index (χ1n) is 6.18. The van der Waals surface area contributed by atoms with E-state index >= 15 is 0 Å². The van der Waals surface area contributed by atoms with Crippen LogP contribution >= 0.6 is 0 Å². The second-order valence-corrected chi connectivity index (χ2v) is 4.79. The largest absolute Gasteiger partial charge is 0.291 e. The van der Waals surface area contributed by atoms with E-state index in [1.165, 1.54) is 29.5 Å². The highest BCUT2D eigenvalue weighted by Gasteiger charge is 2.16. The van der Waals surface area contributed by atoms with Crippen LogP contribution in [0.2, 0.25) is 0 Å². The summed E-state index contributed by atoms with van der Waals surface area (Å²) in [4.78, 5) is 4.88. The number of hydrogen-bond acceptors (Lipinski definition) is 2. The molecule has 0 atom stereocenters. The molecule has 0 aliphatic heterocycles. The van der Waals surface area contributed by atoms with Gasteiger partial charge < -0.3 is 0 Å². The van der Waals surface area contributed by atoms with Crippen LogP contribution in [-0.4, -0.2) is 53.4 Å². The van der Waals surface area contributed by atoms with E-state index in [1.54, 1.807) is 0 Å². The van der Waals surface area contributed by atoms with Gasteiger partial charge in [0.05, 0.1) is 6.17 Å². The Morgan fingerprint density at radius 1 is 1.13 bits per heavy atom. The fraction of sp³-hybridized carbons (Fsp3) is 0.833. The summed E-state index contributed by atoms with van der Waals surface area (Å²) in [6.07, 6.45) is 6.76. The molecule has 0 saturated carbocycles. The van der Waals surface area contributed by atoms with Crippen molar-refractivity contribution in [1.29, 1.82) is 0 Å². The van der Waals surface area contributed by atoms with Gasteiger partial charge in [-0.2, -0.15) is 0 Å². The van der Waals surface area contributed by atoms with Crippen molar-refractivity contribution in [2.24, 2.45) is 0 Å². The van der Waals surface area contributed by atoms with Gasteiger partial charge in [-0.3, -0.25) is 9.80 Å². The molecule has 0 aliphatic rings. The summed E-state index contributed by atoms with van der Waals surface area (Å²) in [5.41, 5.74) is 2.28. The molecule has 0 spiro atoms. The van der Waals surface area contributed by atoms with Gasteiger partial charge in [-0.1, -0.05) is 19.9 Å². The highest BCUT2D eigenvalue weighted by Crippen LogP contribution is 2.10. The van der Waals surface area contributed by atoms with Crippen LogP contribution in [0, 0.1) is 0 Å². The summed E-state index contributed by atoms with van der Waals surface area (Å²) in [6.45, 7) is 6.72. The Kier molecular flexibility index (Phi) is 9.05. The summed E-state index contributed by atoms with van der Waals surface area (Å²) >= 11 is 0. The van der Waals surface area contributed by atoms with Crippen LogP contribution in [0.1, 0.15) is 33.1 Å². The molecule has 0 unspecified atom stereocenters. The minimum absolute atomic E-state index is 0.613. The molecule has 0 N–H and O–H groups in total. The zero-order valence-corrected chi connectivity index (χ0v) is 13.2. The summed E-state index contributed by atoms with van der Waals surface area (Å²) < 4.78 is 0. The zero-order valence-electron chi connectivity index (χ0n) is 11.2. The van der Waals surface area contributed by atoms with E-state index in [9.17, 15) is 0 Å². The van der Waals surface area contributed by atoms with Gasteiger partial charge in [-0.05, 0) is 46.4 Å². The van der Waals surface area contributed by atoms with E-state index in [1.807, 2.05) is 0 Å². The topological polar surface area (TPSA) is 6.48 Å². The van der Waals surface area contributed by atoms with Crippen molar-refractivity contribution in [2.75, 3.05) is 27.2 Å². The van der Waals surface area contributed by atoms with Crippen LogP contribution in [0.15, 0.2) is 11.8 Å². The maximum atomic E-state index is 2.44. The van der Waals surface area contributed by atoms with Gasteiger partial charge in [-0.25, -0.2) is 0 Å². The van der Waals surface area contributed by atoms with Crippen molar-refractivity contribution in [1.82, 2.24) is 9.80 Å². The van der Waals surface area contributed by atoms with E-state index in [0.29, 0.717) is 6.17 Å². The third-order valence-electron chi connectivity index (χ3n) is 3.08. The fourth-order valence-electron chi connectivity index (χ4n) is 1.78. The molecular formula is C12H28N2Si. The lowest BCUT2D eigenvalue weighted by molar-refractivity contribution is 0.0824. The van der Waals surface area contributed by atoms with Gasteiger partial charge in [0.15, 0.2) is 0 Å². The van der Waals surface area contributed by atoms with E-state index in [4.69, 9.17) is 0 Å². The molecule has 90 valence electrons. The summed E-state index contributed by atoms with van der Waals surface area (Å²) in [6, 6.07) is 0. The molecule has 0 aliphatic carbocycles. The molecule has 0 fully saturated rings. The van der Waals surface area contributed by atoms with Crippen molar-refractivity contribution >= 4 is 10.2 Å². The summed E-state index contributed by atoms with van der Waals surface area (Å²) in [5.74, 6) is 0. The number of nitrogens with zero attached hydrogens (tertiary/aromatic N) is 2. The third kappa shape index (κ3) is 6.13. The molecule has 3 heteroatoms. The average molecular weight is 228 g/mol. The molecule has 0 rings (SSSR count). The van der Waals surface area contributed by atoms with Gasteiger partial charge in [0, 0.05) is 10.2 Å². The average Bonchev–Trinajstić information content (AvgIpc) is 2.27. The normalized spacial score (nSPS) is 12.7. The van der Waals surface area contributed by atoms with Gasteiger partial charge in [0.1, 0.15) is 0 Å². The molecule has 0 heterocycles. The Morgan fingerprint density at radius 2 is 1.67 bits per heavy atom. The molecule has 0 aromatic rings. The van der Waals surface area contributed by atoms with Gasteiger partial charge in [0.25, 0.3) is 0 Å². The number of hydrogen-bond donors (Lipinski definition) is 0. The van der Waals surface area contributed by atoms with E-state index in [2.05, 4.69) is 49.5 Å². The first kappa shape index (κ1) is 14.9. The minimum atomic E-state index is 0.613. The van der Waals surface area contributed by atoms with Crippen LogP contribution in [0.3, 0.4) is 0 Å². The molecule has 0 amide bonds. The predicted octanol–water partition coefficient (Wildman–Crippen LogP) is 1.27. The van der Waals surface area contributed by atoms with Crippen molar-refractivity contribution in [3.05, 3.63) is 11.8 Å². The molecular weight excluding hydrogens is 200 g/mol. The quantitative estimate of drug-likeness (QED) is 0.351. The smallest absolute Gasteiger partial charge is 0.0617 e. The Balaban J connectivity index is 4.01. The van der Waals surface area contributed by atoms with E-state index in [0.717, 1.165) is 13.1 Å². The van der Waals surface area contributed by atoms with E-state index in [-0.39, 0.29) is 0 Å². The third-order valence-corrected chi connectivity index (χ3v) is 3.56. The fourth-order valence-corrected chi connectivity index (χ4v) is 2.12. The second-order valence-electron chi connectivity index (χ2n) is 4.13. The minimum Gasteiger partial charge on any atom is -0.291 e. The van der Waals surface area contributed by atoms with Crippen molar-refractivity contribution in [3.8, 4) is 0 Å². The van der Waals surface area contributed by atoms with Gasteiger partial charge >= 0.3 is 0 Å². The first-order chi connectivity index (χ1) is 7.17. The molecule has 2 nitrogen and oxygen atoms in total. The molecule has 0 saturated heterocycles. The Labute approximate surface area is 98.8 Å². The molecule has 0 radical (unpaired) electrons. The molecule has 0 bridgehead atoms. The number of rotatable bonds is 8. The van der Waals surface area contributed by atoms with Crippen molar-refractivity contribution in [3.63, 3.8) is 0 Å². The highest BCUT2D eigenvalue weighted by atomic mass is 28.1. The summed E-state index contributed by atoms with van der Waals surface area (Å²) in [5, 5.41) is 0. The number of unbranched alkanes of at least 4 members (excludes halogenated alkanes) is 1. The predicted molar refractivity (Wildman–Crippen MR) is 73.3 cm³/mol. The molecule has 0 aromatic heterocycles. The lowest BCUT2D eigenvalue weighted by Gasteiger charge is -2.34. The molecule has 15 heavy (non-hydrogen) atoms. The van der Waals surface area contributed by atoms with E-state index < -0.39 is 0 Å². The van der Waals surface area contributed by atoms with Gasteiger partial charge in [0.2, 0.25) is 0 Å². The maximum Gasteiger partial charge on any atom is 0.0617 e. The Hall–Kier alpha value is -0.123. The van der Waals surface area contributed by atoms with Crippen LogP contribution in [0.4, 0.5) is 0 Å². The van der Waals surface area contributed by atoms with Crippen LogP contribution in [0.5, 0.6) is 0 Å². The highest BCUT2D eigenvalue weighted by molar-refractivity contribution is 6.16.